The van der Waals surface area contributed by atoms with Crippen LogP contribution in [0.15, 0.2) is 127 Å². The lowest BCUT2D eigenvalue weighted by Crippen LogP contribution is -2.58. The van der Waals surface area contributed by atoms with Gasteiger partial charge in [0.25, 0.3) is 0 Å². The Labute approximate surface area is 283 Å². The number of Topliss-reactive ketones (excluding diaryl/α,β-unsaturated/α-hetero) is 2. The van der Waals surface area contributed by atoms with Crippen molar-refractivity contribution in [1.29, 1.82) is 0 Å². The molecule has 6 unspecified atom stereocenters. The Morgan fingerprint density at radius 2 is 1.43 bits per heavy atom. The number of hydrogen-bond donors (Lipinski definition) is 1. The normalized spacial score (nSPS) is 27.5. The predicted octanol–water partition coefficient (Wildman–Crippen LogP) is 6.62. The monoisotopic (exact) mass is 647 g/mol. The number of ketones is 3. The zero-order valence-electron chi connectivity index (χ0n) is 26.8. The summed E-state index contributed by atoms with van der Waals surface area (Å²) in [5, 5.41) is 10.3. The topological polar surface area (TPSA) is 109 Å². The van der Waals surface area contributed by atoms with Gasteiger partial charge >= 0.3 is 0 Å². The molecule has 1 aliphatic heterocycles. The summed E-state index contributed by atoms with van der Waals surface area (Å²) in [6.45, 7) is 1.46. The molecular formula is C42H33NO6. The van der Waals surface area contributed by atoms with Crippen LogP contribution in [0.2, 0.25) is 0 Å². The minimum atomic E-state index is -1.32. The van der Waals surface area contributed by atoms with Crippen LogP contribution in [0.25, 0.3) is 5.57 Å². The average Bonchev–Trinajstić information content (AvgIpc) is 3.39. The van der Waals surface area contributed by atoms with Gasteiger partial charge in [-0.15, -0.1) is 0 Å². The van der Waals surface area contributed by atoms with Crippen LogP contribution in [0, 0.1) is 23.7 Å². The maximum absolute atomic E-state index is 15.0. The molecule has 4 aliphatic rings. The molecule has 8 rings (SSSR count). The first-order valence-corrected chi connectivity index (χ1v) is 16.6. The lowest BCUT2D eigenvalue weighted by Gasteiger charge is -2.55. The Kier molecular flexibility index (Phi) is 7.18. The number of benzene rings is 4. The van der Waals surface area contributed by atoms with Crippen molar-refractivity contribution in [2.45, 2.75) is 31.1 Å². The van der Waals surface area contributed by atoms with Gasteiger partial charge in [0.05, 0.1) is 22.9 Å². The van der Waals surface area contributed by atoms with Crippen LogP contribution in [0.1, 0.15) is 52.7 Å². The van der Waals surface area contributed by atoms with Gasteiger partial charge in [0, 0.05) is 23.0 Å². The van der Waals surface area contributed by atoms with Gasteiger partial charge in [0.2, 0.25) is 11.8 Å². The number of phenolic OH excluding ortho intramolecular Hbond substituents is 1. The Balaban J connectivity index is 1.32. The fourth-order valence-corrected chi connectivity index (χ4v) is 9.02. The van der Waals surface area contributed by atoms with Crippen molar-refractivity contribution in [3.8, 4) is 5.75 Å². The number of phenols is 1. The van der Waals surface area contributed by atoms with Gasteiger partial charge < -0.3 is 5.11 Å². The summed E-state index contributed by atoms with van der Waals surface area (Å²) in [5.41, 5.74) is 2.86. The molecule has 0 bridgehead atoms. The molecule has 2 fully saturated rings. The van der Waals surface area contributed by atoms with Gasteiger partial charge in [-0.25, -0.2) is 0 Å². The van der Waals surface area contributed by atoms with Gasteiger partial charge in [0.1, 0.15) is 5.75 Å². The fraction of sp³-hybridized carbons (Fsp3) is 0.214. The molecule has 3 aliphatic carbocycles. The smallest absolute Gasteiger partial charge is 0.238 e. The molecule has 0 spiro atoms. The van der Waals surface area contributed by atoms with Crippen LogP contribution in [-0.2, 0) is 24.6 Å². The van der Waals surface area contributed by atoms with Crippen LogP contribution >= 0.6 is 0 Å². The summed E-state index contributed by atoms with van der Waals surface area (Å²) in [6.07, 6.45) is 4.03. The van der Waals surface area contributed by atoms with E-state index in [1.807, 2.05) is 66.7 Å². The molecule has 7 heteroatoms. The number of fused-ring (bicyclic) bond motifs is 4. The second kappa shape index (κ2) is 11.5. The van der Waals surface area contributed by atoms with E-state index in [2.05, 4.69) is 0 Å². The van der Waals surface area contributed by atoms with Crippen molar-refractivity contribution in [1.82, 2.24) is 0 Å². The van der Waals surface area contributed by atoms with E-state index in [9.17, 15) is 24.3 Å². The molecule has 4 aromatic carbocycles. The summed E-state index contributed by atoms with van der Waals surface area (Å²) in [7, 11) is 0. The molecule has 1 heterocycles. The third kappa shape index (κ3) is 4.52. The van der Waals surface area contributed by atoms with Gasteiger partial charge in [-0.3, -0.25) is 28.9 Å². The highest BCUT2D eigenvalue weighted by Crippen LogP contribution is 2.63. The van der Waals surface area contributed by atoms with E-state index in [0.29, 0.717) is 34.4 Å². The quantitative estimate of drug-likeness (QED) is 0.148. The van der Waals surface area contributed by atoms with Crippen LogP contribution in [-0.4, -0.2) is 34.3 Å². The van der Waals surface area contributed by atoms with Crippen molar-refractivity contribution in [3.05, 3.63) is 149 Å². The molecule has 1 saturated carbocycles. The molecule has 1 saturated heterocycles. The van der Waals surface area contributed by atoms with Gasteiger partial charge in [-0.05, 0) is 84.8 Å². The minimum absolute atomic E-state index is 0.0689. The summed E-state index contributed by atoms with van der Waals surface area (Å²) in [6, 6.07) is 31.8. The Hall–Kier alpha value is -5.69. The summed E-state index contributed by atoms with van der Waals surface area (Å²) in [5.74, 6) is -4.40. The van der Waals surface area contributed by atoms with Crippen molar-refractivity contribution in [2.75, 3.05) is 4.90 Å². The highest BCUT2D eigenvalue weighted by atomic mass is 16.3. The molecule has 242 valence electrons. The Bertz CT molecular complexity index is 2100. The number of rotatable bonds is 5. The summed E-state index contributed by atoms with van der Waals surface area (Å²) < 4.78 is 0. The number of nitrogens with zero attached hydrogens (tertiary/aromatic N) is 1. The molecule has 0 aromatic heterocycles. The number of amides is 2. The minimum Gasteiger partial charge on any atom is -0.508 e. The molecule has 1 N–H and O–H groups in total. The van der Waals surface area contributed by atoms with Gasteiger partial charge in [0.15, 0.2) is 17.3 Å². The van der Waals surface area contributed by atoms with E-state index in [4.69, 9.17) is 0 Å². The van der Waals surface area contributed by atoms with Crippen LogP contribution in [0.5, 0.6) is 5.75 Å². The third-order valence-corrected chi connectivity index (χ3v) is 11.1. The van der Waals surface area contributed by atoms with Gasteiger partial charge in [-0.2, -0.15) is 0 Å². The standard InChI is InChI=1S/C42H33NO6/c1-24(44)25-12-16-29(17-13-25)43-40(48)32-21-20-31-34(37(32)41(43)49)22-35-39(47)33(26-8-4-2-5-9-26)23-36(46)42(35,28-10-6-3-7-11-28)38(31)27-14-18-30(45)19-15-27/h2-20,23,32,34-35,37-38,45H,21-22H2,1H3. The number of imide groups is 1. The number of carbonyl (C=O) groups is 5. The van der Waals surface area contributed by atoms with E-state index in [0.717, 1.165) is 11.1 Å². The van der Waals surface area contributed by atoms with Gasteiger partial charge in [-0.1, -0.05) is 84.4 Å². The Morgan fingerprint density at radius 3 is 2.08 bits per heavy atom. The molecular weight excluding hydrogens is 614 g/mol. The third-order valence-electron chi connectivity index (χ3n) is 11.1. The van der Waals surface area contributed by atoms with E-state index in [1.165, 1.54) is 17.9 Å². The number of hydrogen-bond acceptors (Lipinski definition) is 6. The molecule has 2 amide bonds. The first-order chi connectivity index (χ1) is 23.7. The molecule has 6 atom stereocenters. The number of carbonyl (C=O) groups excluding carboxylic acids is 5. The SMILES string of the molecule is CC(=O)c1ccc(N2C(=O)C3CC=C4C(CC5C(=O)C(c6ccccc6)=CC(=O)C5(c5ccccc5)C4c4ccc(O)cc4)C3C2=O)cc1. The first-order valence-electron chi connectivity index (χ1n) is 16.6. The van der Waals surface area contributed by atoms with Crippen LogP contribution in [0.3, 0.4) is 0 Å². The first kappa shape index (κ1) is 30.6. The maximum Gasteiger partial charge on any atom is 0.238 e. The highest BCUT2D eigenvalue weighted by Gasteiger charge is 2.66. The van der Waals surface area contributed by atoms with Crippen LogP contribution < -0.4 is 4.90 Å². The molecule has 0 radical (unpaired) electrons. The van der Waals surface area contributed by atoms with Crippen molar-refractivity contribution in [2.24, 2.45) is 23.7 Å². The maximum atomic E-state index is 15.0. The zero-order valence-corrected chi connectivity index (χ0v) is 26.8. The van der Waals surface area contributed by atoms with E-state index in [-0.39, 0.29) is 41.3 Å². The highest BCUT2D eigenvalue weighted by molar-refractivity contribution is 6.32. The van der Waals surface area contributed by atoms with Crippen LogP contribution in [0.4, 0.5) is 5.69 Å². The average molecular weight is 648 g/mol. The predicted molar refractivity (Wildman–Crippen MR) is 184 cm³/mol. The number of aromatic hydroxyl groups is 1. The summed E-state index contributed by atoms with van der Waals surface area (Å²) >= 11 is 0. The number of allylic oxidation sites excluding steroid dienone is 4. The Morgan fingerprint density at radius 1 is 0.776 bits per heavy atom. The number of anilines is 1. The van der Waals surface area contributed by atoms with Crippen molar-refractivity contribution < 1.29 is 29.1 Å². The van der Waals surface area contributed by atoms with Crippen molar-refractivity contribution in [3.63, 3.8) is 0 Å². The summed E-state index contributed by atoms with van der Waals surface area (Å²) in [4.78, 5) is 71.6. The van der Waals surface area contributed by atoms with Crippen molar-refractivity contribution >= 4 is 40.4 Å². The lowest BCUT2D eigenvalue weighted by molar-refractivity contribution is -0.135. The largest absolute Gasteiger partial charge is 0.508 e. The zero-order chi connectivity index (χ0) is 34.0. The molecule has 7 nitrogen and oxygen atoms in total. The fourth-order valence-electron chi connectivity index (χ4n) is 9.02. The van der Waals surface area contributed by atoms with E-state index < -0.39 is 35.0 Å². The second-order valence-corrected chi connectivity index (χ2v) is 13.5. The second-order valence-electron chi connectivity index (χ2n) is 13.5. The lowest BCUT2D eigenvalue weighted by atomic mass is 9.44. The molecule has 49 heavy (non-hydrogen) atoms. The molecule has 4 aromatic rings. The van der Waals surface area contributed by atoms with E-state index >= 15 is 4.79 Å². The van der Waals surface area contributed by atoms with E-state index in [1.54, 1.807) is 48.5 Å².